The van der Waals surface area contributed by atoms with E-state index in [0.717, 1.165) is 4.68 Å². The zero-order valence-electron chi connectivity index (χ0n) is 17.1. The average molecular weight is 502 g/mol. The second-order valence-corrected chi connectivity index (χ2v) is 7.58. The molecule has 172 valence electrons. The normalized spacial score (nSPS) is 11.4. The third-order valence-electron chi connectivity index (χ3n) is 4.58. The number of hydrogen-bond acceptors (Lipinski definition) is 10. The first-order valence-corrected chi connectivity index (χ1v) is 10.1. The lowest BCUT2D eigenvalue weighted by Crippen LogP contribution is -2.21. The van der Waals surface area contributed by atoms with Crippen molar-refractivity contribution in [2.45, 2.75) is 6.92 Å². The molecular formula is C19H13Cl2N9O4. The van der Waals surface area contributed by atoms with Crippen molar-refractivity contribution in [3.05, 3.63) is 73.9 Å². The molecule has 4 aromatic rings. The lowest BCUT2D eigenvalue weighted by Gasteiger charge is -2.07. The monoisotopic (exact) mass is 501 g/mol. The van der Waals surface area contributed by atoms with Crippen LogP contribution < -0.4 is 11.2 Å². The molecule has 34 heavy (non-hydrogen) atoms. The van der Waals surface area contributed by atoms with Crippen molar-refractivity contribution in [3.8, 4) is 17.1 Å². The van der Waals surface area contributed by atoms with Crippen molar-refractivity contribution >= 4 is 46.3 Å². The SMILES string of the molecule is C/C(=N/NC(=O)c1nnn(-c2nonc2N)c1-c1ccc([N+](=O)[O-])cc1)c1ccc(Cl)cc1Cl. The van der Waals surface area contributed by atoms with E-state index in [-0.39, 0.29) is 28.7 Å². The Morgan fingerprint density at radius 3 is 2.56 bits per heavy atom. The number of nitrogens with zero attached hydrogens (tertiary/aromatic N) is 7. The highest BCUT2D eigenvalue weighted by Gasteiger charge is 2.25. The zero-order valence-corrected chi connectivity index (χ0v) is 18.7. The van der Waals surface area contributed by atoms with E-state index >= 15 is 0 Å². The molecule has 2 aromatic carbocycles. The second kappa shape index (κ2) is 9.25. The summed E-state index contributed by atoms with van der Waals surface area (Å²) >= 11 is 12.1. The fourth-order valence-corrected chi connectivity index (χ4v) is 3.50. The van der Waals surface area contributed by atoms with Crippen molar-refractivity contribution in [2.24, 2.45) is 5.10 Å². The van der Waals surface area contributed by atoms with E-state index in [9.17, 15) is 14.9 Å². The largest absolute Gasteiger partial charge is 0.378 e. The number of carbonyl (C=O) groups excluding carboxylic acids is 1. The Hall–Kier alpha value is -4.36. The minimum absolute atomic E-state index is 0.0208. The second-order valence-electron chi connectivity index (χ2n) is 6.74. The van der Waals surface area contributed by atoms with Crippen LogP contribution in [0.4, 0.5) is 11.5 Å². The number of aromatic nitrogens is 5. The molecule has 0 saturated carbocycles. The third-order valence-corrected chi connectivity index (χ3v) is 5.13. The average Bonchev–Trinajstić information content (AvgIpc) is 3.43. The molecule has 2 aromatic heterocycles. The molecule has 0 bridgehead atoms. The number of nitrogens with one attached hydrogen (secondary N) is 1. The van der Waals surface area contributed by atoms with Crippen molar-refractivity contribution in [1.82, 2.24) is 30.7 Å². The Morgan fingerprint density at radius 1 is 1.21 bits per heavy atom. The number of rotatable bonds is 6. The van der Waals surface area contributed by atoms with Crippen LogP contribution in [0.5, 0.6) is 0 Å². The molecule has 0 unspecified atom stereocenters. The first-order valence-electron chi connectivity index (χ1n) is 9.35. The summed E-state index contributed by atoms with van der Waals surface area (Å²) in [5, 5.41) is 30.9. The van der Waals surface area contributed by atoms with Crippen LogP contribution in [0.1, 0.15) is 23.0 Å². The van der Waals surface area contributed by atoms with Gasteiger partial charge < -0.3 is 5.73 Å². The summed E-state index contributed by atoms with van der Waals surface area (Å²) in [4.78, 5) is 23.4. The van der Waals surface area contributed by atoms with Gasteiger partial charge in [0.05, 0.1) is 15.7 Å². The van der Waals surface area contributed by atoms with E-state index in [0.29, 0.717) is 26.9 Å². The molecule has 2 heterocycles. The van der Waals surface area contributed by atoms with Crippen LogP contribution >= 0.6 is 23.2 Å². The number of amides is 1. The quantitative estimate of drug-likeness (QED) is 0.227. The number of nitrogen functional groups attached to an aromatic ring is 1. The number of carbonyl (C=O) groups is 1. The molecule has 15 heteroatoms. The van der Waals surface area contributed by atoms with Gasteiger partial charge in [-0.2, -0.15) is 9.78 Å². The van der Waals surface area contributed by atoms with Crippen molar-refractivity contribution in [3.63, 3.8) is 0 Å². The fraction of sp³-hybridized carbons (Fsp3) is 0.0526. The van der Waals surface area contributed by atoms with Gasteiger partial charge in [-0.25, -0.2) is 10.1 Å². The Labute approximate surface area is 200 Å². The molecule has 0 saturated heterocycles. The van der Waals surface area contributed by atoms with Gasteiger partial charge in [-0.3, -0.25) is 14.9 Å². The van der Waals surface area contributed by atoms with Gasteiger partial charge in [0.25, 0.3) is 11.6 Å². The minimum atomic E-state index is -0.723. The number of nitro groups is 1. The highest BCUT2D eigenvalue weighted by Crippen LogP contribution is 2.28. The lowest BCUT2D eigenvalue weighted by molar-refractivity contribution is -0.384. The van der Waals surface area contributed by atoms with Gasteiger partial charge in [0.15, 0.2) is 5.69 Å². The van der Waals surface area contributed by atoms with Gasteiger partial charge in [0, 0.05) is 28.3 Å². The summed E-state index contributed by atoms with van der Waals surface area (Å²) in [5.41, 5.74) is 9.33. The summed E-state index contributed by atoms with van der Waals surface area (Å²) in [6.07, 6.45) is 0. The zero-order chi connectivity index (χ0) is 24.4. The molecule has 0 spiro atoms. The number of hydrazone groups is 1. The van der Waals surface area contributed by atoms with E-state index in [2.05, 4.69) is 35.8 Å². The van der Waals surface area contributed by atoms with E-state index < -0.39 is 10.8 Å². The van der Waals surface area contributed by atoms with Crippen LogP contribution in [0.3, 0.4) is 0 Å². The molecule has 0 aliphatic carbocycles. The van der Waals surface area contributed by atoms with Crippen LogP contribution in [-0.2, 0) is 0 Å². The molecule has 0 aliphatic heterocycles. The highest BCUT2D eigenvalue weighted by atomic mass is 35.5. The van der Waals surface area contributed by atoms with Crippen molar-refractivity contribution in [2.75, 3.05) is 5.73 Å². The standard InChI is InChI=1S/C19H13Cl2N9O4/c1-9(13-7-4-11(20)8-14(13)21)23-25-19(31)15-16(10-2-5-12(6-3-10)30(32)33)29(28-24-15)18-17(22)26-34-27-18/h2-8H,1H3,(H2,22,26)(H,25,31)/b23-9-. The molecule has 0 fully saturated rings. The number of nitro benzene ring substituents is 1. The number of hydrogen-bond donors (Lipinski definition) is 2. The molecule has 3 N–H and O–H groups in total. The molecule has 0 radical (unpaired) electrons. The van der Waals surface area contributed by atoms with E-state index in [1.807, 2.05) is 0 Å². The number of benzene rings is 2. The summed E-state index contributed by atoms with van der Waals surface area (Å²) < 4.78 is 5.74. The van der Waals surface area contributed by atoms with Gasteiger partial charge in [-0.1, -0.05) is 34.5 Å². The number of anilines is 1. The minimum Gasteiger partial charge on any atom is -0.378 e. The van der Waals surface area contributed by atoms with Crippen molar-refractivity contribution in [1.29, 1.82) is 0 Å². The molecule has 13 nitrogen and oxygen atoms in total. The molecule has 4 rings (SSSR count). The van der Waals surface area contributed by atoms with E-state index in [1.54, 1.807) is 25.1 Å². The first kappa shape index (κ1) is 22.8. The molecule has 0 atom stereocenters. The summed E-state index contributed by atoms with van der Waals surface area (Å²) in [5.74, 6) is -0.849. The topological polar surface area (TPSA) is 180 Å². The van der Waals surface area contributed by atoms with Crippen molar-refractivity contribution < 1.29 is 14.3 Å². The lowest BCUT2D eigenvalue weighted by atomic mass is 10.1. The maximum atomic E-state index is 13.0. The van der Waals surface area contributed by atoms with Crippen LogP contribution in [-0.4, -0.2) is 41.8 Å². The maximum Gasteiger partial charge on any atom is 0.294 e. The molecule has 0 aliphatic rings. The summed E-state index contributed by atoms with van der Waals surface area (Å²) in [7, 11) is 0. The number of halogens is 2. The fourth-order valence-electron chi connectivity index (χ4n) is 2.95. The van der Waals surface area contributed by atoms with Gasteiger partial charge in [-0.05, 0) is 41.5 Å². The maximum absolute atomic E-state index is 13.0. The predicted molar refractivity (Wildman–Crippen MR) is 122 cm³/mol. The summed E-state index contributed by atoms with van der Waals surface area (Å²) in [6.45, 7) is 1.64. The Balaban J connectivity index is 1.72. The van der Waals surface area contributed by atoms with E-state index in [4.69, 9.17) is 28.9 Å². The highest BCUT2D eigenvalue weighted by molar-refractivity contribution is 6.37. The predicted octanol–water partition coefficient (Wildman–Crippen LogP) is 3.27. The van der Waals surface area contributed by atoms with Crippen LogP contribution in [0.15, 0.2) is 52.2 Å². The number of nitrogens with two attached hydrogens (primary N) is 1. The van der Waals surface area contributed by atoms with Gasteiger partial charge in [-0.15, -0.1) is 5.10 Å². The first-order chi connectivity index (χ1) is 16.3. The van der Waals surface area contributed by atoms with E-state index in [1.165, 1.54) is 24.3 Å². The van der Waals surface area contributed by atoms with Crippen LogP contribution in [0.25, 0.3) is 17.1 Å². The Morgan fingerprint density at radius 2 is 1.94 bits per heavy atom. The van der Waals surface area contributed by atoms with Crippen LogP contribution in [0, 0.1) is 10.1 Å². The summed E-state index contributed by atoms with van der Waals surface area (Å²) in [6, 6.07) is 10.2. The Kier molecular flexibility index (Phi) is 6.21. The number of non-ortho nitro benzene ring substituents is 1. The van der Waals surface area contributed by atoms with Gasteiger partial charge in [0.2, 0.25) is 11.6 Å². The van der Waals surface area contributed by atoms with Crippen LogP contribution in [0.2, 0.25) is 10.0 Å². The van der Waals surface area contributed by atoms with Gasteiger partial charge in [0.1, 0.15) is 5.69 Å². The third kappa shape index (κ3) is 4.42. The molecular weight excluding hydrogens is 489 g/mol. The van der Waals surface area contributed by atoms with Gasteiger partial charge >= 0.3 is 0 Å². The molecule has 1 amide bonds. The smallest absolute Gasteiger partial charge is 0.294 e. The Bertz CT molecular complexity index is 1430.